The van der Waals surface area contributed by atoms with E-state index in [1.165, 1.54) is 16.9 Å². The largest absolute Gasteiger partial charge is 0.432 e. The van der Waals surface area contributed by atoms with Gasteiger partial charge < -0.3 is 10.5 Å². The van der Waals surface area contributed by atoms with Crippen molar-refractivity contribution in [1.29, 1.82) is 0 Å². The fraction of sp³-hybridized carbons (Fsp3) is 0.143. The van der Waals surface area contributed by atoms with Crippen LogP contribution < -0.4 is 10.5 Å². The molecule has 0 unspecified atom stereocenters. The lowest BCUT2D eigenvalue weighted by Gasteiger charge is -2.03. The van der Waals surface area contributed by atoms with Crippen LogP contribution >= 0.6 is 15.9 Å². The zero-order valence-corrected chi connectivity index (χ0v) is 8.78. The maximum absolute atomic E-state index is 12.1. The number of fused-ring (bicyclic) bond motifs is 1. The molecule has 2 N–H and O–H groups in total. The van der Waals surface area contributed by atoms with Gasteiger partial charge in [0.05, 0.1) is 0 Å². The summed E-state index contributed by atoms with van der Waals surface area (Å²) in [5, 5.41) is 3.82. The molecule has 0 aliphatic rings. The van der Waals surface area contributed by atoms with Gasteiger partial charge in [-0.3, -0.25) is 0 Å². The SMILES string of the molecule is Nc1ncnn2c(Br)cc(OC(F)F)c12. The number of aromatic nitrogens is 3. The van der Waals surface area contributed by atoms with Gasteiger partial charge in [0.1, 0.15) is 10.9 Å². The van der Waals surface area contributed by atoms with Crippen LogP contribution in [-0.2, 0) is 0 Å². The molecule has 0 saturated heterocycles. The first-order valence-corrected chi connectivity index (χ1v) is 4.61. The summed E-state index contributed by atoms with van der Waals surface area (Å²) < 4.78 is 30.2. The lowest BCUT2D eigenvalue weighted by Crippen LogP contribution is -2.04. The minimum absolute atomic E-state index is 0.0602. The van der Waals surface area contributed by atoms with E-state index in [2.05, 4.69) is 30.7 Å². The average molecular weight is 279 g/mol. The molecule has 0 bridgehead atoms. The smallest absolute Gasteiger partial charge is 0.387 e. The Labute approximate surface area is 91.0 Å². The number of hydrogen-bond donors (Lipinski definition) is 1. The Bertz CT molecular complexity index is 501. The zero-order chi connectivity index (χ0) is 11.0. The molecule has 0 saturated carbocycles. The summed E-state index contributed by atoms with van der Waals surface area (Å²) in [5.41, 5.74) is 5.74. The van der Waals surface area contributed by atoms with E-state index in [0.29, 0.717) is 4.60 Å². The van der Waals surface area contributed by atoms with Crippen LogP contribution in [0, 0.1) is 0 Å². The molecule has 5 nitrogen and oxygen atoms in total. The maximum atomic E-state index is 12.1. The molecular formula is C7H5BrF2N4O. The molecule has 15 heavy (non-hydrogen) atoms. The highest BCUT2D eigenvalue weighted by Gasteiger charge is 2.16. The number of nitrogens with two attached hydrogens (primary N) is 1. The molecule has 2 heterocycles. The Balaban J connectivity index is 2.65. The zero-order valence-electron chi connectivity index (χ0n) is 7.19. The molecule has 0 aliphatic heterocycles. The fourth-order valence-corrected chi connectivity index (χ4v) is 1.66. The van der Waals surface area contributed by atoms with Crippen molar-refractivity contribution in [2.24, 2.45) is 0 Å². The van der Waals surface area contributed by atoms with Crippen molar-refractivity contribution < 1.29 is 13.5 Å². The fourth-order valence-electron chi connectivity index (χ4n) is 1.18. The van der Waals surface area contributed by atoms with Crippen LogP contribution in [0.5, 0.6) is 5.75 Å². The summed E-state index contributed by atoms with van der Waals surface area (Å²) in [6.07, 6.45) is 1.22. The quantitative estimate of drug-likeness (QED) is 0.908. The summed E-state index contributed by atoms with van der Waals surface area (Å²) in [5.74, 6) is 0.0151. The highest BCUT2D eigenvalue weighted by atomic mass is 79.9. The summed E-state index contributed by atoms with van der Waals surface area (Å²) in [4.78, 5) is 3.69. The van der Waals surface area contributed by atoms with Gasteiger partial charge in [0.15, 0.2) is 17.1 Å². The first-order valence-electron chi connectivity index (χ1n) is 3.82. The normalized spacial score (nSPS) is 11.2. The van der Waals surface area contributed by atoms with Crippen molar-refractivity contribution in [1.82, 2.24) is 14.6 Å². The second kappa shape index (κ2) is 3.61. The van der Waals surface area contributed by atoms with Crippen LogP contribution in [0.25, 0.3) is 5.52 Å². The number of ether oxygens (including phenoxy) is 1. The Kier molecular flexibility index (Phi) is 2.43. The third-order valence-electron chi connectivity index (χ3n) is 1.72. The molecule has 0 aromatic carbocycles. The maximum Gasteiger partial charge on any atom is 0.387 e. The van der Waals surface area contributed by atoms with Crippen molar-refractivity contribution in [3.05, 3.63) is 17.0 Å². The molecule has 0 spiro atoms. The third-order valence-corrected chi connectivity index (χ3v) is 2.29. The molecule has 2 aromatic heterocycles. The molecule has 2 rings (SSSR count). The molecule has 0 radical (unpaired) electrons. The van der Waals surface area contributed by atoms with E-state index in [9.17, 15) is 8.78 Å². The number of rotatable bonds is 2. The van der Waals surface area contributed by atoms with Gasteiger partial charge in [-0.15, -0.1) is 0 Å². The summed E-state index contributed by atoms with van der Waals surface area (Å²) in [6, 6.07) is 1.35. The first kappa shape index (κ1) is 10.1. The van der Waals surface area contributed by atoms with Gasteiger partial charge in [-0.05, 0) is 15.9 Å². The van der Waals surface area contributed by atoms with Crippen molar-refractivity contribution in [2.45, 2.75) is 6.61 Å². The first-order chi connectivity index (χ1) is 7.09. The number of anilines is 1. The number of alkyl halides is 2. The number of nitrogen functional groups attached to an aromatic ring is 1. The number of nitrogens with zero attached hydrogens (tertiary/aromatic N) is 3. The van der Waals surface area contributed by atoms with Crippen molar-refractivity contribution in [3.8, 4) is 5.75 Å². The van der Waals surface area contributed by atoms with Crippen molar-refractivity contribution >= 4 is 27.3 Å². The molecule has 80 valence electrons. The van der Waals surface area contributed by atoms with Crippen LogP contribution in [0.3, 0.4) is 0 Å². The van der Waals surface area contributed by atoms with E-state index in [0.717, 1.165) is 0 Å². The second-order valence-corrected chi connectivity index (χ2v) is 3.43. The van der Waals surface area contributed by atoms with Crippen LogP contribution in [0.4, 0.5) is 14.6 Å². The topological polar surface area (TPSA) is 65.4 Å². The molecular weight excluding hydrogens is 274 g/mol. The lowest BCUT2D eigenvalue weighted by atomic mass is 10.4. The van der Waals surface area contributed by atoms with E-state index in [-0.39, 0.29) is 17.1 Å². The van der Waals surface area contributed by atoms with Crippen molar-refractivity contribution in [3.63, 3.8) is 0 Å². The van der Waals surface area contributed by atoms with Crippen molar-refractivity contribution in [2.75, 3.05) is 5.73 Å². The standard InChI is InChI=1S/C7H5BrF2N4O/c8-4-1-3(15-7(9)10)5-6(11)12-2-13-14(4)5/h1-2,7H,(H2,11,12,13). The van der Waals surface area contributed by atoms with E-state index in [4.69, 9.17) is 5.73 Å². The van der Waals surface area contributed by atoms with E-state index in [1.807, 2.05) is 0 Å². The van der Waals surface area contributed by atoms with Gasteiger partial charge >= 0.3 is 6.61 Å². The predicted molar refractivity (Wildman–Crippen MR) is 51.7 cm³/mol. The van der Waals surface area contributed by atoms with Gasteiger partial charge in [-0.25, -0.2) is 9.50 Å². The second-order valence-electron chi connectivity index (χ2n) is 2.62. The van der Waals surface area contributed by atoms with Crippen LogP contribution in [0.1, 0.15) is 0 Å². The predicted octanol–water partition coefficient (Wildman–Crippen LogP) is 1.68. The molecule has 8 heteroatoms. The van der Waals surface area contributed by atoms with Gasteiger partial charge in [-0.1, -0.05) is 0 Å². The van der Waals surface area contributed by atoms with Gasteiger partial charge in [0, 0.05) is 6.07 Å². The van der Waals surface area contributed by atoms with E-state index < -0.39 is 6.61 Å². The van der Waals surface area contributed by atoms with Gasteiger partial charge in [0.25, 0.3) is 0 Å². The van der Waals surface area contributed by atoms with E-state index in [1.54, 1.807) is 0 Å². The van der Waals surface area contributed by atoms with Gasteiger partial charge in [-0.2, -0.15) is 13.9 Å². The highest BCUT2D eigenvalue weighted by Crippen LogP contribution is 2.30. The minimum atomic E-state index is -2.91. The highest BCUT2D eigenvalue weighted by molar-refractivity contribution is 9.10. The molecule has 0 amide bonds. The van der Waals surface area contributed by atoms with Crippen LogP contribution in [-0.4, -0.2) is 21.2 Å². The number of hydrogen-bond acceptors (Lipinski definition) is 4. The Morgan fingerprint density at radius 2 is 2.27 bits per heavy atom. The Morgan fingerprint density at radius 3 is 2.93 bits per heavy atom. The summed E-state index contributed by atoms with van der Waals surface area (Å²) in [6.45, 7) is -2.91. The average Bonchev–Trinajstić information content (AvgIpc) is 2.44. The Hall–Kier alpha value is -1.44. The molecule has 0 atom stereocenters. The lowest BCUT2D eigenvalue weighted by molar-refractivity contribution is -0.0487. The van der Waals surface area contributed by atoms with Crippen LogP contribution in [0.15, 0.2) is 17.0 Å². The monoisotopic (exact) mass is 278 g/mol. The van der Waals surface area contributed by atoms with E-state index >= 15 is 0 Å². The summed E-state index contributed by atoms with van der Waals surface area (Å²) >= 11 is 3.13. The number of halogens is 3. The van der Waals surface area contributed by atoms with Gasteiger partial charge in [0.2, 0.25) is 0 Å². The Morgan fingerprint density at radius 1 is 1.53 bits per heavy atom. The molecule has 0 fully saturated rings. The third kappa shape index (κ3) is 1.72. The summed E-state index contributed by atoms with van der Waals surface area (Å²) in [7, 11) is 0. The molecule has 2 aromatic rings. The van der Waals surface area contributed by atoms with Crippen LogP contribution in [0.2, 0.25) is 0 Å². The molecule has 0 aliphatic carbocycles. The minimum Gasteiger partial charge on any atom is -0.432 e.